The molecule has 1 saturated carbocycles. The normalized spacial score (nSPS) is 14.2. The number of carbonyl (C=O) groups is 1. The largest absolute Gasteiger partial charge is 0.331 e. The van der Waals surface area contributed by atoms with E-state index in [2.05, 4.69) is 37.6 Å². The minimum Gasteiger partial charge on any atom is -0.331 e. The summed E-state index contributed by atoms with van der Waals surface area (Å²) in [7, 11) is 0. The van der Waals surface area contributed by atoms with Crippen molar-refractivity contribution in [2.24, 2.45) is 0 Å². The summed E-state index contributed by atoms with van der Waals surface area (Å²) in [6.07, 6.45) is 2.92. The van der Waals surface area contributed by atoms with Gasteiger partial charge in [0.2, 0.25) is 0 Å². The third-order valence-electron chi connectivity index (χ3n) is 3.58. The highest BCUT2D eigenvalue weighted by molar-refractivity contribution is 9.10. The molecule has 1 aromatic carbocycles. The van der Waals surface area contributed by atoms with Gasteiger partial charge in [0.15, 0.2) is 0 Å². The van der Waals surface area contributed by atoms with Crippen LogP contribution >= 0.6 is 27.5 Å². The molecule has 1 aromatic heterocycles. The first-order chi connectivity index (χ1) is 10.2. The smallest absolute Gasteiger partial charge is 0.268 e. The Bertz CT molecular complexity index is 654. The molecular formula is C15H16BrN3OS. The molecular weight excluding hydrogens is 350 g/mol. The third-order valence-corrected chi connectivity index (χ3v) is 4.82. The number of hydrogen-bond donors (Lipinski definition) is 0. The second-order valence-corrected chi connectivity index (χ2v) is 6.87. The molecule has 0 aliphatic heterocycles. The first-order valence-corrected chi connectivity index (χ1v) is 8.62. The van der Waals surface area contributed by atoms with Gasteiger partial charge in [0.25, 0.3) is 5.91 Å². The first kappa shape index (κ1) is 14.7. The summed E-state index contributed by atoms with van der Waals surface area (Å²) < 4.78 is 4.97. The van der Waals surface area contributed by atoms with Gasteiger partial charge in [0.05, 0.1) is 5.69 Å². The second-order valence-electron chi connectivity index (χ2n) is 5.20. The van der Waals surface area contributed by atoms with Crippen molar-refractivity contribution in [2.45, 2.75) is 38.8 Å². The molecule has 0 atom stereocenters. The zero-order valence-electron chi connectivity index (χ0n) is 11.8. The van der Waals surface area contributed by atoms with E-state index in [0.717, 1.165) is 35.0 Å². The molecule has 1 fully saturated rings. The van der Waals surface area contributed by atoms with E-state index < -0.39 is 0 Å². The van der Waals surface area contributed by atoms with Crippen LogP contribution in [0.5, 0.6) is 0 Å². The fraction of sp³-hybridized carbons (Fsp3) is 0.400. The number of benzene rings is 1. The van der Waals surface area contributed by atoms with Gasteiger partial charge in [-0.1, -0.05) is 39.5 Å². The van der Waals surface area contributed by atoms with Crippen LogP contribution in [0.1, 0.15) is 40.7 Å². The number of aryl methyl sites for hydroxylation is 1. The van der Waals surface area contributed by atoms with Crippen LogP contribution in [0.15, 0.2) is 28.7 Å². The Hall–Kier alpha value is -1.27. The van der Waals surface area contributed by atoms with Gasteiger partial charge in [0, 0.05) is 17.1 Å². The summed E-state index contributed by atoms with van der Waals surface area (Å²) in [4.78, 5) is 15.5. The van der Waals surface area contributed by atoms with Crippen molar-refractivity contribution in [3.05, 3.63) is 44.9 Å². The second kappa shape index (κ2) is 6.23. The van der Waals surface area contributed by atoms with Gasteiger partial charge in [-0.25, -0.2) is 0 Å². The molecule has 0 radical (unpaired) electrons. The summed E-state index contributed by atoms with van der Waals surface area (Å²) in [5.74, 6) is 0.0734. The molecule has 0 saturated heterocycles. The zero-order valence-corrected chi connectivity index (χ0v) is 14.2. The van der Waals surface area contributed by atoms with Crippen LogP contribution in [0, 0.1) is 0 Å². The van der Waals surface area contributed by atoms with Crippen molar-refractivity contribution in [2.75, 3.05) is 0 Å². The van der Waals surface area contributed by atoms with Crippen LogP contribution in [0.4, 0.5) is 0 Å². The Labute approximate surface area is 136 Å². The van der Waals surface area contributed by atoms with Gasteiger partial charge in [-0.15, -0.1) is 5.10 Å². The zero-order chi connectivity index (χ0) is 14.8. The number of halogens is 1. The van der Waals surface area contributed by atoms with Gasteiger partial charge in [-0.3, -0.25) is 4.79 Å². The number of hydrogen-bond acceptors (Lipinski definition) is 4. The summed E-state index contributed by atoms with van der Waals surface area (Å²) in [5, 5.41) is 4.05. The molecule has 2 aromatic rings. The lowest BCUT2D eigenvalue weighted by atomic mass is 10.2. The lowest BCUT2D eigenvalue weighted by Crippen LogP contribution is -2.32. The maximum atomic E-state index is 12.8. The summed E-state index contributed by atoms with van der Waals surface area (Å²) in [6, 6.07) is 8.48. The lowest BCUT2D eigenvalue weighted by molar-refractivity contribution is 0.0733. The number of rotatable bonds is 5. The molecule has 21 heavy (non-hydrogen) atoms. The maximum absolute atomic E-state index is 12.8. The van der Waals surface area contributed by atoms with Crippen molar-refractivity contribution >= 4 is 33.4 Å². The van der Waals surface area contributed by atoms with E-state index in [4.69, 9.17) is 0 Å². The van der Waals surface area contributed by atoms with Crippen molar-refractivity contribution < 1.29 is 4.79 Å². The minimum absolute atomic E-state index is 0.0734. The van der Waals surface area contributed by atoms with Crippen LogP contribution < -0.4 is 0 Å². The van der Waals surface area contributed by atoms with E-state index in [1.54, 1.807) is 0 Å². The van der Waals surface area contributed by atoms with Crippen LogP contribution in [0.3, 0.4) is 0 Å². The summed E-state index contributed by atoms with van der Waals surface area (Å²) in [6.45, 7) is 2.65. The van der Waals surface area contributed by atoms with E-state index in [-0.39, 0.29) is 5.91 Å². The molecule has 1 aliphatic rings. The van der Waals surface area contributed by atoms with E-state index in [0.29, 0.717) is 17.5 Å². The van der Waals surface area contributed by atoms with Crippen molar-refractivity contribution in [3.63, 3.8) is 0 Å². The molecule has 1 amide bonds. The number of amides is 1. The fourth-order valence-corrected chi connectivity index (χ4v) is 3.47. The first-order valence-electron chi connectivity index (χ1n) is 7.05. The molecule has 0 N–H and O–H groups in total. The van der Waals surface area contributed by atoms with Crippen LogP contribution in [-0.4, -0.2) is 26.4 Å². The lowest BCUT2D eigenvalue weighted by Gasteiger charge is -2.22. The highest BCUT2D eigenvalue weighted by atomic mass is 79.9. The Morgan fingerprint density at radius 1 is 1.48 bits per heavy atom. The average Bonchev–Trinajstić information content (AvgIpc) is 3.20. The molecule has 0 spiro atoms. The van der Waals surface area contributed by atoms with Crippen molar-refractivity contribution in [1.29, 1.82) is 0 Å². The monoisotopic (exact) mass is 365 g/mol. The Morgan fingerprint density at radius 2 is 2.29 bits per heavy atom. The Morgan fingerprint density at radius 3 is 2.95 bits per heavy atom. The highest BCUT2D eigenvalue weighted by Gasteiger charge is 2.34. The summed E-state index contributed by atoms with van der Waals surface area (Å²) >= 11 is 4.69. The molecule has 6 heteroatoms. The topological polar surface area (TPSA) is 46.1 Å². The van der Waals surface area contributed by atoms with Gasteiger partial charge < -0.3 is 4.90 Å². The standard InChI is InChI=1S/C15H16BrN3OS/c1-2-13-14(21-18-17-13)15(20)19(12-6-7-12)9-10-4-3-5-11(16)8-10/h3-5,8,12H,2,6-7,9H2,1H3. The molecule has 0 bridgehead atoms. The molecule has 1 aliphatic carbocycles. The van der Waals surface area contributed by atoms with Crippen molar-refractivity contribution in [3.8, 4) is 0 Å². The van der Waals surface area contributed by atoms with Gasteiger partial charge >= 0.3 is 0 Å². The van der Waals surface area contributed by atoms with E-state index >= 15 is 0 Å². The molecule has 3 rings (SSSR count). The van der Waals surface area contributed by atoms with Crippen molar-refractivity contribution in [1.82, 2.24) is 14.5 Å². The van der Waals surface area contributed by atoms with Crippen LogP contribution in [-0.2, 0) is 13.0 Å². The third kappa shape index (κ3) is 3.32. The molecule has 0 unspecified atom stereocenters. The van der Waals surface area contributed by atoms with Gasteiger partial charge in [-0.2, -0.15) is 0 Å². The Kier molecular flexibility index (Phi) is 4.35. The molecule has 1 heterocycles. The van der Waals surface area contributed by atoms with E-state index in [9.17, 15) is 4.79 Å². The van der Waals surface area contributed by atoms with Gasteiger partial charge in [-0.05, 0) is 48.5 Å². The summed E-state index contributed by atoms with van der Waals surface area (Å²) in [5.41, 5.74) is 1.95. The average molecular weight is 366 g/mol. The SMILES string of the molecule is CCc1nnsc1C(=O)N(Cc1cccc(Br)c1)C1CC1. The number of nitrogens with zero attached hydrogens (tertiary/aromatic N) is 3. The highest BCUT2D eigenvalue weighted by Crippen LogP contribution is 2.31. The van der Waals surface area contributed by atoms with Gasteiger partial charge in [0.1, 0.15) is 4.88 Å². The molecule has 4 nitrogen and oxygen atoms in total. The molecule has 110 valence electrons. The fourth-order valence-electron chi connectivity index (χ4n) is 2.32. The van der Waals surface area contributed by atoms with Crippen LogP contribution in [0.25, 0.3) is 0 Å². The number of aromatic nitrogens is 2. The minimum atomic E-state index is 0.0734. The van der Waals surface area contributed by atoms with E-state index in [1.165, 1.54) is 11.5 Å². The Balaban J connectivity index is 1.83. The maximum Gasteiger partial charge on any atom is 0.268 e. The van der Waals surface area contributed by atoms with E-state index in [1.807, 2.05) is 24.0 Å². The predicted molar refractivity (Wildman–Crippen MR) is 86.3 cm³/mol. The predicted octanol–water partition coefficient (Wildman–Crippen LogP) is 3.67. The quantitative estimate of drug-likeness (QED) is 0.811. The van der Waals surface area contributed by atoms with Crippen LogP contribution in [0.2, 0.25) is 0 Å². The number of carbonyl (C=O) groups excluding carboxylic acids is 1.